The van der Waals surface area contributed by atoms with E-state index < -0.39 is 17.0 Å². The Balaban J connectivity index is 1.60. The van der Waals surface area contributed by atoms with Gasteiger partial charge in [0.2, 0.25) is 0 Å². The predicted molar refractivity (Wildman–Crippen MR) is 84.3 cm³/mol. The smallest absolute Gasteiger partial charge is 0.338 e. The van der Waals surface area contributed by atoms with Crippen LogP contribution in [-0.4, -0.2) is 22.6 Å². The van der Waals surface area contributed by atoms with E-state index in [2.05, 4.69) is 0 Å². The van der Waals surface area contributed by atoms with Crippen molar-refractivity contribution in [2.24, 2.45) is 17.3 Å². The fraction of sp³-hybridized carbons (Fsp3) is 0.556. The highest BCUT2D eigenvalue weighted by molar-refractivity contribution is 6.30. The van der Waals surface area contributed by atoms with Gasteiger partial charge < -0.3 is 9.84 Å². The van der Waals surface area contributed by atoms with Crippen LogP contribution in [-0.2, 0) is 9.53 Å². The van der Waals surface area contributed by atoms with E-state index in [1.165, 1.54) is 0 Å². The third-order valence-electron chi connectivity index (χ3n) is 5.85. The third-order valence-corrected chi connectivity index (χ3v) is 6.10. The van der Waals surface area contributed by atoms with Gasteiger partial charge in [-0.25, -0.2) is 4.79 Å². The predicted octanol–water partition coefficient (Wildman–Crippen LogP) is 3.92. The molecule has 5 heteroatoms. The number of hydrogen-bond acceptors (Lipinski definition) is 3. The molecule has 4 bridgehead atoms. The van der Waals surface area contributed by atoms with E-state index in [1.807, 2.05) is 0 Å². The molecule has 1 N–H and O–H groups in total. The van der Waals surface area contributed by atoms with Crippen molar-refractivity contribution < 1.29 is 19.4 Å². The Hall–Kier alpha value is -1.55. The summed E-state index contributed by atoms with van der Waals surface area (Å²) >= 11 is 5.85. The van der Waals surface area contributed by atoms with Crippen molar-refractivity contribution in [1.82, 2.24) is 0 Å². The lowest BCUT2D eigenvalue weighted by Crippen LogP contribution is -2.59. The van der Waals surface area contributed by atoms with Crippen molar-refractivity contribution in [2.75, 3.05) is 0 Å². The molecule has 1 aromatic carbocycles. The molecule has 2 unspecified atom stereocenters. The van der Waals surface area contributed by atoms with E-state index in [9.17, 15) is 14.7 Å². The van der Waals surface area contributed by atoms with E-state index in [4.69, 9.17) is 16.3 Å². The van der Waals surface area contributed by atoms with Crippen molar-refractivity contribution >= 4 is 23.5 Å². The van der Waals surface area contributed by atoms with Crippen LogP contribution in [0.1, 0.15) is 48.9 Å². The van der Waals surface area contributed by atoms with E-state index in [1.54, 1.807) is 24.3 Å². The molecule has 23 heavy (non-hydrogen) atoms. The Kier molecular flexibility index (Phi) is 3.24. The molecule has 2 atom stereocenters. The number of hydrogen-bond donors (Lipinski definition) is 1. The molecule has 4 aliphatic carbocycles. The summed E-state index contributed by atoms with van der Waals surface area (Å²) in [5, 5.41) is 10.3. The van der Waals surface area contributed by atoms with Gasteiger partial charge in [-0.2, -0.15) is 0 Å². The average molecular weight is 335 g/mol. The Bertz CT molecular complexity index is 652. The summed E-state index contributed by atoms with van der Waals surface area (Å²) in [6, 6.07) is 6.63. The lowest BCUT2D eigenvalue weighted by molar-refractivity contribution is -0.192. The highest BCUT2D eigenvalue weighted by atomic mass is 35.5. The molecule has 4 fully saturated rings. The van der Waals surface area contributed by atoms with Gasteiger partial charge in [-0.1, -0.05) is 11.6 Å². The number of carboxylic acids is 1. The fourth-order valence-electron chi connectivity index (χ4n) is 5.39. The van der Waals surface area contributed by atoms with Crippen LogP contribution in [0.4, 0.5) is 0 Å². The molecule has 4 saturated carbocycles. The number of esters is 1. The Morgan fingerprint density at radius 1 is 1.09 bits per heavy atom. The first-order valence-electron chi connectivity index (χ1n) is 8.12. The van der Waals surface area contributed by atoms with E-state index >= 15 is 0 Å². The molecular formula is C18H19ClO4. The minimum Gasteiger partial charge on any atom is -0.481 e. The summed E-state index contributed by atoms with van der Waals surface area (Å²) in [6.45, 7) is 0. The summed E-state index contributed by atoms with van der Waals surface area (Å²) in [7, 11) is 0. The number of halogens is 1. The molecular weight excluding hydrogens is 316 g/mol. The number of benzene rings is 1. The lowest BCUT2D eigenvalue weighted by Gasteiger charge is -2.59. The molecule has 0 heterocycles. The fourth-order valence-corrected chi connectivity index (χ4v) is 5.52. The first-order valence-corrected chi connectivity index (χ1v) is 8.50. The second-order valence-electron chi connectivity index (χ2n) is 7.63. The minimum absolute atomic E-state index is 0.366. The molecule has 5 rings (SSSR count). The van der Waals surface area contributed by atoms with Gasteiger partial charge in [0.15, 0.2) is 0 Å². The zero-order valence-electron chi connectivity index (χ0n) is 12.8. The lowest BCUT2D eigenvalue weighted by atomic mass is 9.48. The van der Waals surface area contributed by atoms with Crippen LogP contribution in [0.15, 0.2) is 24.3 Å². The Morgan fingerprint density at radius 3 is 2.26 bits per heavy atom. The Morgan fingerprint density at radius 2 is 1.70 bits per heavy atom. The zero-order valence-corrected chi connectivity index (χ0v) is 13.5. The highest BCUT2D eigenvalue weighted by Crippen LogP contribution is 2.63. The van der Waals surface area contributed by atoms with Gasteiger partial charge in [0.05, 0.1) is 11.0 Å². The van der Waals surface area contributed by atoms with Crippen LogP contribution in [0.25, 0.3) is 0 Å². The van der Waals surface area contributed by atoms with Gasteiger partial charge in [-0.15, -0.1) is 0 Å². The third kappa shape index (κ3) is 2.44. The molecule has 4 aliphatic rings. The molecule has 0 aliphatic heterocycles. The first kappa shape index (κ1) is 15.0. The monoisotopic (exact) mass is 334 g/mol. The summed E-state index contributed by atoms with van der Waals surface area (Å²) in [6.07, 6.45) is 4.62. The molecule has 4 nitrogen and oxygen atoms in total. The maximum absolute atomic E-state index is 12.5. The molecule has 122 valence electrons. The molecule has 0 aromatic heterocycles. The summed E-state index contributed by atoms with van der Waals surface area (Å²) < 4.78 is 5.91. The molecule has 0 radical (unpaired) electrons. The number of carbonyl (C=O) groups excluding carboxylic acids is 1. The zero-order chi connectivity index (χ0) is 16.2. The van der Waals surface area contributed by atoms with Gasteiger partial charge in [-0.3, -0.25) is 4.79 Å². The maximum atomic E-state index is 12.5. The number of carboxylic acid groups (broad SMARTS) is 1. The number of aliphatic carboxylic acids is 1. The molecule has 0 spiro atoms. The molecule has 1 aromatic rings. The normalized spacial score (nSPS) is 37.6. The topological polar surface area (TPSA) is 63.6 Å². The summed E-state index contributed by atoms with van der Waals surface area (Å²) in [5.41, 5.74) is -0.821. The standard InChI is InChI=1S/C18H19ClO4/c19-14-3-1-13(2-4-14)15(20)23-18-8-11-5-12(9-18)7-17(6-11,10-18)16(21)22/h1-4,11-12H,5-10H2,(H,21,22). The first-order chi connectivity index (χ1) is 10.9. The Labute approximate surface area is 139 Å². The van der Waals surface area contributed by atoms with Gasteiger partial charge in [0.1, 0.15) is 5.60 Å². The SMILES string of the molecule is O=C(OC12CC3CC(C1)CC(C(=O)O)(C3)C2)c1ccc(Cl)cc1. The highest BCUT2D eigenvalue weighted by Gasteiger charge is 2.62. The van der Waals surface area contributed by atoms with Crippen molar-refractivity contribution in [3.8, 4) is 0 Å². The number of carbonyl (C=O) groups is 2. The number of rotatable bonds is 3. The largest absolute Gasteiger partial charge is 0.481 e. The van der Waals surface area contributed by atoms with E-state index in [0.717, 1.165) is 32.1 Å². The van der Waals surface area contributed by atoms with Gasteiger partial charge in [0, 0.05) is 11.4 Å². The van der Waals surface area contributed by atoms with Gasteiger partial charge in [0.25, 0.3) is 0 Å². The van der Waals surface area contributed by atoms with Crippen molar-refractivity contribution in [3.63, 3.8) is 0 Å². The van der Waals surface area contributed by atoms with Crippen molar-refractivity contribution in [1.29, 1.82) is 0 Å². The van der Waals surface area contributed by atoms with E-state index in [0.29, 0.717) is 28.8 Å². The van der Waals surface area contributed by atoms with Gasteiger partial charge in [-0.05, 0) is 68.2 Å². The van der Waals surface area contributed by atoms with Crippen LogP contribution in [0, 0.1) is 17.3 Å². The van der Waals surface area contributed by atoms with Crippen LogP contribution in [0.5, 0.6) is 0 Å². The van der Waals surface area contributed by atoms with E-state index in [-0.39, 0.29) is 5.97 Å². The van der Waals surface area contributed by atoms with Crippen molar-refractivity contribution in [2.45, 2.75) is 44.1 Å². The quantitative estimate of drug-likeness (QED) is 0.851. The minimum atomic E-state index is -0.724. The van der Waals surface area contributed by atoms with Crippen molar-refractivity contribution in [3.05, 3.63) is 34.9 Å². The van der Waals surface area contributed by atoms with Crippen LogP contribution in [0.2, 0.25) is 5.02 Å². The van der Waals surface area contributed by atoms with Gasteiger partial charge >= 0.3 is 11.9 Å². The molecule has 0 saturated heterocycles. The number of ether oxygens (including phenoxy) is 1. The van der Waals surface area contributed by atoms with Crippen LogP contribution >= 0.6 is 11.6 Å². The molecule has 0 amide bonds. The second kappa shape index (κ2) is 4.97. The summed E-state index contributed by atoms with van der Waals surface area (Å²) in [4.78, 5) is 24.3. The second-order valence-corrected chi connectivity index (χ2v) is 8.06. The summed E-state index contributed by atoms with van der Waals surface area (Å²) in [5.74, 6) is -0.363. The average Bonchev–Trinajstić information content (AvgIpc) is 2.45. The van der Waals surface area contributed by atoms with Crippen LogP contribution < -0.4 is 0 Å². The maximum Gasteiger partial charge on any atom is 0.338 e. The van der Waals surface area contributed by atoms with Crippen LogP contribution in [0.3, 0.4) is 0 Å².